The maximum atomic E-state index is 2.54. The van der Waals surface area contributed by atoms with Gasteiger partial charge in [0.1, 0.15) is 0 Å². The number of rotatable bonds is 2. The van der Waals surface area contributed by atoms with Gasteiger partial charge in [0.2, 0.25) is 0 Å². The van der Waals surface area contributed by atoms with Crippen molar-refractivity contribution in [3.05, 3.63) is 229 Å². The van der Waals surface area contributed by atoms with E-state index in [9.17, 15) is 0 Å². The maximum Gasteiger partial charge on any atom is 0.0731 e. The molecule has 0 aliphatic heterocycles. The highest BCUT2D eigenvalue weighted by molar-refractivity contribution is 6.26. The second kappa shape index (κ2) is 11.3. The molecular formula is C59H34. The SMILES string of the molecule is c1cc(-c2ccc3cc4c(cc3c2)C2(c3ccccc3-c3ccccc32)c2c-4c3ccccc3c3ccccc23)cc(-c2ccc3ccc4cccc5ccc2c3c45)c1. The fraction of sp³-hybridized carbons (Fsp3) is 0.0169. The van der Waals surface area contributed by atoms with Crippen LogP contribution in [0.3, 0.4) is 0 Å². The summed E-state index contributed by atoms with van der Waals surface area (Å²) in [5.74, 6) is 0. The second-order valence-electron chi connectivity index (χ2n) is 16.7. The Kier molecular flexibility index (Phi) is 6.05. The van der Waals surface area contributed by atoms with Crippen molar-refractivity contribution < 1.29 is 0 Å². The first-order valence-electron chi connectivity index (χ1n) is 20.7. The highest BCUT2D eigenvalue weighted by atomic mass is 14.5. The molecule has 0 N–H and O–H groups in total. The van der Waals surface area contributed by atoms with Crippen LogP contribution in [0.25, 0.3) is 109 Å². The predicted molar refractivity (Wildman–Crippen MR) is 250 cm³/mol. The van der Waals surface area contributed by atoms with Crippen LogP contribution in [0.1, 0.15) is 22.3 Å². The van der Waals surface area contributed by atoms with Gasteiger partial charge in [-0.3, -0.25) is 0 Å². The zero-order valence-corrected chi connectivity index (χ0v) is 32.1. The van der Waals surface area contributed by atoms with Gasteiger partial charge in [0.25, 0.3) is 0 Å². The van der Waals surface area contributed by atoms with Crippen molar-refractivity contribution in [1.29, 1.82) is 0 Å². The molecule has 12 aromatic carbocycles. The lowest BCUT2D eigenvalue weighted by atomic mass is 9.69. The van der Waals surface area contributed by atoms with E-state index in [0.29, 0.717) is 0 Å². The third-order valence-electron chi connectivity index (χ3n) is 13.9. The summed E-state index contributed by atoms with van der Waals surface area (Å²) in [6.45, 7) is 0. The van der Waals surface area contributed by atoms with E-state index in [4.69, 9.17) is 0 Å². The minimum absolute atomic E-state index is 0.458. The largest absolute Gasteiger partial charge is 0.0731 e. The van der Waals surface area contributed by atoms with E-state index >= 15 is 0 Å². The highest BCUT2D eigenvalue weighted by Crippen LogP contribution is 2.65. The molecule has 0 heterocycles. The first-order valence-corrected chi connectivity index (χ1v) is 20.7. The normalized spacial score (nSPS) is 13.6. The lowest BCUT2D eigenvalue weighted by Gasteiger charge is -2.32. The quantitative estimate of drug-likeness (QED) is 0.155. The molecule has 59 heavy (non-hydrogen) atoms. The lowest BCUT2D eigenvalue weighted by Crippen LogP contribution is -2.26. The Morgan fingerprint density at radius 1 is 0.254 bits per heavy atom. The van der Waals surface area contributed by atoms with Gasteiger partial charge in [-0.2, -0.15) is 0 Å². The summed E-state index contributed by atoms with van der Waals surface area (Å²) in [5.41, 5.74) is 15.4. The molecule has 0 heteroatoms. The summed E-state index contributed by atoms with van der Waals surface area (Å²) in [4.78, 5) is 0. The number of fused-ring (bicyclic) bond motifs is 16. The first-order chi connectivity index (χ1) is 29.3. The van der Waals surface area contributed by atoms with Crippen molar-refractivity contribution >= 4 is 64.6 Å². The van der Waals surface area contributed by atoms with Crippen LogP contribution in [0, 0.1) is 0 Å². The molecule has 0 radical (unpaired) electrons. The number of hydrogen-bond donors (Lipinski definition) is 0. The topological polar surface area (TPSA) is 0 Å². The monoisotopic (exact) mass is 742 g/mol. The molecule has 12 aromatic rings. The minimum Gasteiger partial charge on any atom is -0.0619 e. The van der Waals surface area contributed by atoms with Gasteiger partial charge in [-0.25, -0.2) is 0 Å². The zero-order chi connectivity index (χ0) is 38.4. The van der Waals surface area contributed by atoms with E-state index < -0.39 is 5.41 Å². The summed E-state index contributed by atoms with van der Waals surface area (Å²) in [7, 11) is 0. The van der Waals surface area contributed by atoms with Gasteiger partial charge in [0, 0.05) is 0 Å². The highest BCUT2D eigenvalue weighted by Gasteiger charge is 2.53. The smallest absolute Gasteiger partial charge is 0.0619 e. The van der Waals surface area contributed by atoms with Crippen molar-refractivity contribution in [1.82, 2.24) is 0 Å². The summed E-state index contributed by atoms with van der Waals surface area (Å²) in [5, 5.41) is 15.7. The van der Waals surface area contributed by atoms with Gasteiger partial charge < -0.3 is 0 Å². The molecule has 1 spiro atoms. The molecule has 0 bridgehead atoms. The van der Waals surface area contributed by atoms with E-state index in [1.807, 2.05) is 0 Å². The molecular weight excluding hydrogens is 709 g/mol. The summed E-state index contributed by atoms with van der Waals surface area (Å²) >= 11 is 0. The van der Waals surface area contributed by atoms with E-state index in [1.165, 1.54) is 131 Å². The van der Waals surface area contributed by atoms with E-state index in [1.54, 1.807) is 0 Å². The average Bonchev–Trinajstić information content (AvgIpc) is 3.77. The zero-order valence-electron chi connectivity index (χ0n) is 32.1. The van der Waals surface area contributed by atoms with Crippen LogP contribution in [0.2, 0.25) is 0 Å². The molecule has 2 aliphatic rings. The van der Waals surface area contributed by atoms with Crippen molar-refractivity contribution in [2.24, 2.45) is 0 Å². The van der Waals surface area contributed by atoms with Crippen LogP contribution in [-0.4, -0.2) is 0 Å². The Labute approximate surface area is 341 Å². The molecule has 14 rings (SSSR count). The fourth-order valence-corrected chi connectivity index (χ4v) is 11.6. The van der Waals surface area contributed by atoms with Crippen molar-refractivity contribution in [2.45, 2.75) is 5.41 Å². The molecule has 0 saturated heterocycles. The molecule has 0 amide bonds. The molecule has 270 valence electrons. The molecule has 2 aliphatic carbocycles. The van der Waals surface area contributed by atoms with Crippen LogP contribution in [-0.2, 0) is 5.41 Å². The number of hydrogen-bond acceptors (Lipinski definition) is 0. The average molecular weight is 743 g/mol. The third kappa shape index (κ3) is 3.98. The Balaban J connectivity index is 1.02. The standard InChI is InChI=1S/C59H34/c1-3-19-48-44(15-1)45-16-2-4-20-50(45)58-57(48)51-33-40-26-25-39(32-42(40)34-54(51)59(58)52-21-7-5-17-46(52)47-18-6-8-22-53(47)59)38-13-10-14-41(31-38)43-29-27-37-24-23-35-11-9-12-36-28-30-49(43)56(37)55(35)36/h1-34H. The molecule has 0 nitrogen and oxygen atoms in total. The predicted octanol–water partition coefficient (Wildman–Crippen LogP) is 15.7. The molecule has 0 saturated carbocycles. The van der Waals surface area contributed by atoms with Gasteiger partial charge in [-0.05, 0) is 156 Å². The summed E-state index contributed by atoms with van der Waals surface area (Å²) in [6.07, 6.45) is 0. The van der Waals surface area contributed by atoms with Gasteiger partial charge in [-0.15, -0.1) is 0 Å². The van der Waals surface area contributed by atoms with Crippen LogP contribution < -0.4 is 0 Å². The van der Waals surface area contributed by atoms with E-state index in [-0.39, 0.29) is 0 Å². The molecule has 0 unspecified atom stereocenters. The minimum atomic E-state index is -0.458. The van der Waals surface area contributed by atoms with Crippen LogP contribution in [0.15, 0.2) is 206 Å². The van der Waals surface area contributed by atoms with Crippen LogP contribution in [0.4, 0.5) is 0 Å². The second-order valence-corrected chi connectivity index (χ2v) is 16.7. The van der Waals surface area contributed by atoms with E-state index in [2.05, 4.69) is 206 Å². The number of benzene rings is 12. The summed E-state index contributed by atoms with van der Waals surface area (Å²) in [6, 6.07) is 78.2. The van der Waals surface area contributed by atoms with Gasteiger partial charge in [0.15, 0.2) is 0 Å². The molecule has 0 aromatic heterocycles. The Morgan fingerprint density at radius 2 is 0.831 bits per heavy atom. The maximum absolute atomic E-state index is 2.54. The van der Waals surface area contributed by atoms with Gasteiger partial charge in [-0.1, -0.05) is 182 Å². The van der Waals surface area contributed by atoms with Gasteiger partial charge in [0.05, 0.1) is 5.41 Å². The fourth-order valence-electron chi connectivity index (χ4n) is 11.6. The van der Waals surface area contributed by atoms with Crippen molar-refractivity contribution in [2.75, 3.05) is 0 Å². The van der Waals surface area contributed by atoms with Crippen molar-refractivity contribution in [3.8, 4) is 44.5 Å². The lowest BCUT2D eigenvalue weighted by molar-refractivity contribution is 0.803. The first kappa shape index (κ1) is 31.5. The Hall–Kier alpha value is -7.54. The Bertz CT molecular complexity index is 3730. The van der Waals surface area contributed by atoms with Crippen molar-refractivity contribution in [3.63, 3.8) is 0 Å². The van der Waals surface area contributed by atoms with Gasteiger partial charge >= 0.3 is 0 Å². The summed E-state index contributed by atoms with van der Waals surface area (Å²) < 4.78 is 0. The Morgan fingerprint density at radius 3 is 1.61 bits per heavy atom. The van der Waals surface area contributed by atoms with Crippen LogP contribution >= 0.6 is 0 Å². The molecule has 0 fully saturated rings. The molecule has 0 atom stereocenters. The van der Waals surface area contributed by atoms with E-state index in [0.717, 1.165) is 0 Å². The van der Waals surface area contributed by atoms with Crippen LogP contribution in [0.5, 0.6) is 0 Å². The third-order valence-corrected chi connectivity index (χ3v) is 13.9.